The van der Waals surface area contributed by atoms with Crippen molar-refractivity contribution in [3.63, 3.8) is 0 Å². The van der Waals surface area contributed by atoms with E-state index < -0.39 is 10.0 Å². The number of aryl methyl sites for hydroxylation is 1. The summed E-state index contributed by atoms with van der Waals surface area (Å²) in [6.07, 6.45) is 3.40. The molecule has 6 nitrogen and oxygen atoms in total. The summed E-state index contributed by atoms with van der Waals surface area (Å²) in [5, 5.41) is 2.95. The SMILES string of the molecule is CCN(CC)S(=O)(=O)c1ccc(C)c(C(=O)NCCCN2CCC(C)CC2)c1. The van der Waals surface area contributed by atoms with Gasteiger partial charge < -0.3 is 10.2 Å². The molecule has 0 spiro atoms. The molecule has 0 radical (unpaired) electrons. The normalized spacial score (nSPS) is 16.5. The second-order valence-corrected chi connectivity index (χ2v) is 9.64. The van der Waals surface area contributed by atoms with Gasteiger partial charge in [0.15, 0.2) is 0 Å². The predicted octanol–water partition coefficient (Wildman–Crippen LogP) is 2.88. The quantitative estimate of drug-likeness (QED) is 0.637. The summed E-state index contributed by atoms with van der Waals surface area (Å²) < 4.78 is 26.9. The molecule has 1 aromatic rings. The minimum atomic E-state index is -3.57. The molecule has 0 unspecified atom stereocenters. The second-order valence-electron chi connectivity index (χ2n) is 7.70. The van der Waals surface area contributed by atoms with Gasteiger partial charge in [-0.3, -0.25) is 4.79 Å². The number of likely N-dealkylation sites (tertiary alicyclic amines) is 1. The van der Waals surface area contributed by atoms with E-state index in [4.69, 9.17) is 0 Å². The number of benzene rings is 1. The van der Waals surface area contributed by atoms with Crippen LogP contribution in [0, 0.1) is 12.8 Å². The van der Waals surface area contributed by atoms with E-state index in [0.29, 0.717) is 25.2 Å². The molecule has 1 N–H and O–H groups in total. The standard InChI is InChI=1S/C21H35N3O3S/c1-5-24(6-2)28(26,27)19-9-8-18(4)20(16-19)21(25)22-12-7-13-23-14-10-17(3)11-15-23/h8-9,16-17H,5-7,10-15H2,1-4H3,(H,22,25). The Labute approximate surface area is 170 Å². The Hall–Kier alpha value is -1.44. The second kappa shape index (κ2) is 10.4. The van der Waals surface area contributed by atoms with Crippen LogP contribution in [0.5, 0.6) is 0 Å². The zero-order chi connectivity index (χ0) is 20.7. The molecule has 0 aromatic heterocycles. The van der Waals surface area contributed by atoms with E-state index >= 15 is 0 Å². The van der Waals surface area contributed by atoms with Crippen LogP contribution in [0.3, 0.4) is 0 Å². The van der Waals surface area contributed by atoms with E-state index in [1.807, 2.05) is 20.8 Å². The van der Waals surface area contributed by atoms with E-state index in [1.165, 1.54) is 23.2 Å². The van der Waals surface area contributed by atoms with Crippen LogP contribution < -0.4 is 5.32 Å². The van der Waals surface area contributed by atoms with Crippen molar-refractivity contribution >= 4 is 15.9 Å². The van der Waals surface area contributed by atoms with Crippen LogP contribution in [0.25, 0.3) is 0 Å². The first-order valence-corrected chi connectivity index (χ1v) is 11.8. The third kappa shape index (κ3) is 5.78. The highest BCUT2D eigenvalue weighted by Gasteiger charge is 2.23. The van der Waals surface area contributed by atoms with Gasteiger partial charge in [0, 0.05) is 25.2 Å². The first-order valence-electron chi connectivity index (χ1n) is 10.4. The number of hydrogen-bond acceptors (Lipinski definition) is 4. The van der Waals surface area contributed by atoms with Gasteiger partial charge >= 0.3 is 0 Å². The topological polar surface area (TPSA) is 69.7 Å². The van der Waals surface area contributed by atoms with Crippen molar-refractivity contribution in [2.75, 3.05) is 39.3 Å². The van der Waals surface area contributed by atoms with Gasteiger partial charge in [-0.05, 0) is 69.4 Å². The molecular weight excluding hydrogens is 374 g/mol. The fourth-order valence-corrected chi connectivity index (χ4v) is 5.09. The fraction of sp³-hybridized carbons (Fsp3) is 0.667. The van der Waals surface area contributed by atoms with Gasteiger partial charge in [0.25, 0.3) is 5.91 Å². The largest absolute Gasteiger partial charge is 0.352 e. The molecule has 1 fully saturated rings. The Kier molecular flexibility index (Phi) is 8.46. The van der Waals surface area contributed by atoms with Crippen molar-refractivity contribution in [1.82, 2.24) is 14.5 Å². The highest BCUT2D eigenvalue weighted by molar-refractivity contribution is 7.89. The zero-order valence-electron chi connectivity index (χ0n) is 17.7. The maximum absolute atomic E-state index is 12.7. The Bertz CT molecular complexity index is 752. The van der Waals surface area contributed by atoms with Crippen LogP contribution in [0.15, 0.2) is 23.1 Å². The highest BCUT2D eigenvalue weighted by atomic mass is 32.2. The van der Waals surface area contributed by atoms with E-state index in [0.717, 1.165) is 37.5 Å². The summed E-state index contributed by atoms with van der Waals surface area (Å²) in [4.78, 5) is 15.2. The summed E-state index contributed by atoms with van der Waals surface area (Å²) >= 11 is 0. The maximum atomic E-state index is 12.7. The molecule has 1 heterocycles. The predicted molar refractivity (Wildman–Crippen MR) is 113 cm³/mol. The van der Waals surface area contributed by atoms with Crippen molar-refractivity contribution in [3.8, 4) is 0 Å². The Morgan fingerprint density at radius 1 is 1.21 bits per heavy atom. The molecule has 0 saturated carbocycles. The molecule has 1 aromatic carbocycles. The number of hydrogen-bond donors (Lipinski definition) is 1. The van der Waals surface area contributed by atoms with Crippen molar-refractivity contribution in [3.05, 3.63) is 29.3 Å². The molecule has 28 heavy (non-hydrogen) atoms. The van der Waals surface area contributed by atoms with Crippen LogP contribution in [-0.4, -0.2) is 62.8 Å². The summed E-state index contributed by atoms with van der Waals surface area (Å²) in [7, 11) is -3.57. The van der Waals surface area contributed by atoms with Crippen molar-refractivity contribution in [2.24, 2.45) is 5.92 Å². The van der Waals surface area contributed by atoms with Gasteiger partial charge in [-0.15, -0.1) is 0 Å². The van der Waals surface area contributed by atoms with E-state index in [2.05, 4.69) is 17.1 Å². The molecule has 0 atom stereocenters. The third-order valence-electron chi connectivity index (χ3n) is 5.61. The zero-order valence-corrected chi connectivity index (χ0v) is 18.5. The number of piperidine rings is 1. The Morgan fingerprint density at radius 3 is 2.46 bits per heavy atom. The van der Waals surface area contributed by atoms with Crippen LogP contribution in [0.1, 0.15) is 56.0 Å². The summed E-state index contributed by atoms with van der Waals surface area (Å²) in [6.45, 7) is 12.4. The fourth-order valence-electron chi connectivity index (χ4n) is 3.60. The maximum Gasteiger partial charge on any atom is 0.251 e. The third-order valence-corrected chi connectivity index (χ3v) is 7.66. The highest BCUT2D eigenvalue weighted by Crippen LogP contribution is 2.20. The van der Waals surface area contributed by atoms with Gasteiger partial charge in [-0.2, -0.15) is 4.31 Å². The van der Waals surface area contributed by atoms with E-state index in [1.54, 1.807) is 12.1 Å². The van der Waals surface area contributed by atoms with Gasteiger partial charge in [-0.1, -0.05) is 26.8 Å². The molecule has 158 valence electrons. The summed E-state index contributed by atoms with van der Waals surface area (Å²) in [6, 6.07) is 4.79. The molecule has 0 bridgehead atoms. The monoisotopic (exact) mass is 409 g/mol. The van der Waals surface area contributed by atoms with E-state index in [-0.39, 0.29) is 10.8 Å². The van der Waals surface area contributed by atoms with Crippen molar-refractivity contribution in [1.29, 1.82) is 0 Å². The average molecular weight is 410 g/mol. The van der Waals surface area contributed by atoms with Crippen molar-refractivity contribution in [2.45, 2.75) is 51.9 Å². The number of sulfonamides is 1. The first-order chi connectivity index (χ1) is 13.3. The minimum Gasteiger partial charge on any atom is -0.352 e. The Balaban J connectivity index is 1.95. The summed E-state index contributed by atoms with van der Waals surface area (Å²) in [5.41, 5.74) is 1.21. The number of nitrogens with one attached hydrogen (secondary N) is 1. The van der Waals surface area contributed by atoms with E-state index in [9.17, 15) is 13.2 Å². The molecule has 7 heteroatoms. The van der Waals surface area contributed by atoms with Gasteiger partial charge in [0.2, 0.25) is 10.0 Å². The number of carbonyl (C=O) groups excluding carboxylic acids is 1. The number of nitrogens with zero attached hydrogens (tertiary/aromatic N) is 2. The number of rotatable bonds is 9. The van der Waals surface area contributed by atoms with Gasteiger partial charge in [0.05, 0.1) is 4.90 Å². The molecule has 0 aliphatic carbocycles. The lowest BCUT2D eigenvalue weighted by Gasteiger charge is -2.30. The smallest absolute Gasteiger partial charge is 0.251 e. The molecule has 1 aliphatic heterocycles. The molecule has 1 aliphatic rings. The number of amides is 1. The van der Waals surface area contributed by atoms with Crippen LogP contribution in [0.2, 0.25) is 0 Å². The molecule has 1 amide bonds. The first kappa shape index (κ1) is 22.8. The van der Waals surface area contributed by atoms with Crippen molar-refractivity contribution < 1.29 is 13.2 Å². The van der Waals surface area contributed by atoms with Crippen LogP contribution in [0.4, 0.5) is 0 Å². The lowest BCUT2D eigenvalue weighted by molar-refractivity contribution is 0.0949. The minimum absolute atomic E-state index is 0.175. The lowest BCUT2D eigenvalue weighted by Crippen LogP contribution is -2.35. The van der Waals surface area contributed by atoms with Gasteiger partial charge in [-0.25, -0.2) is 8.42 Å². The van der Waals surface area contributed by atoms with Crippen LogP contribution >= 0.6 is 0 Å². The number of carbonyl (C=O) groups is 1. The molecule has 1 saturated heterocycles. The molecule has 2 rings (SSSR count). The average Bonchev–Trinajstić information content (AvgIpc) is 2.67. The van der Waals surface area contributed by atoms with Crippen LogP contribution in [-0.2, 0) is 10.0 Å². The summed E-state index contributed by atoms with van der Waals surface area (Å²) in [5.74, 6) is 0.611. The Morgan fingerprint density at radius 2 is 1.86 bits per heavy atom. The van der Waals surface area contributed by atoms with Gasteiger partial charge in [0.1, 0.15) is 0 Å². The lowest BCUT2D eigenvalue weighted by atomic mass is 9.99. The molecular formula is C21H35N3O3S.